The van der Waals surface area contributed by atoms with Crippen molar-refractivity contribution < 1.29 is 29.3 Å². The van der Waals surface area contributed by atoms with E-state index in [4.69, 9.17) is 4.74 Å². The van der Waals surface area contributed by atoms with Crippen LogP contribution >= 0.6 is 0 Å². The number of carboxylic acids is 1. The first-order valence-corrected chi connectivity index (χ1v) is 9.03. The van der Waals surface area contributed by atoms with E-state index < -0.39 is 41.3 Å². The SMILES string of the molecule is CCC(C)(O)C(=O)C(OC(=O)C1CCCCC1C(=O)O)c1ccccc1. The van der Waals surface area contributed by atoms with Crippen LogP contribution < -0.4 is 0 Å². The lowest BCUT2D eigenvalue weighted by molar-refractivity contribution is -0.171. The zero-order chi connectivity index (χ0) is 19.3. The van der Waals surface area contributed by atoms with Crippen LogP contribution in [0.2, 0.25) is 0 Å². The van der Waals surface area contributed by atoms with Gasteiger partial charge in [-0.15, -0.1) is 0 Å². The van der Waals surface area contributed by atoms with Crippen LogP contribution in [0.15, 0.2) is 30.3 Å². The van der Waals surface area contributed by atoms with Crippen LogP contribution in [0.4, 0.5) is 0 Å². The summed E-state index contributed by atoms with van der Waals surface area (Å²) >= 11 is 0. The van der Waals surface area contributed by atoms with Gasteiger partial charge in [-0.3, -0.25) is 14.4 Å². The molecule has 2 N–H and O–H groups in total. The zero-order valence-corrected chi connectivity index (χ0v) is 15.2. The number of aliphatic carboxylic acids is 1. The average Bonchev–Trinajstić information content (AvgIpc) is 2.66. The van der Waals surface area contributed by atoms with Gasteiger partial charge in [0.2, 0.25) is 5.78 Å². The van der Waals surface area contributed by atoms with Crippen molar-refractivity contribution in [2.24, 2.45) is 11.8 Å². The fourth-order valence-electron chi connectivity index (χ4n) is 3.27. The maximum absolute atomic E-state index is 12.8. The predicted molar refractivity (Wildman–Crippen MR) is 94.3 cm³/mol. The molecule has 0 radical (unpaired) electrons. The molecule has 1 fully saturated rings. The second-order valence-electron chi connectivity index (χ2n) is 7.05. The Morgan fingerprint density at radius 3 is 2.27 bits per heavy atom. The van der Waals surface area contributed by atoms with Crippen molar-refractivity contribution in [2.45, 2.75) is 57.7 Å². The number of carbonyl (C=O) groups is 3. The molecule has 2 rings (SSSR count). The topological polar surface area (TPSA) is 101 Å². The van der Waals surface area contributed by atoms with Crippen molar-refractivity contribution >= 4 is 17.7 Å². The molecular formula is C20H26O6. The highest BCUT2D eigenvalue weighted by atomic mass is 16.5. The molecule has 0 amide bonds. The highest BCUT2D eigenvalue weighted by Crippen LogP contribution is 2.34. The van der Waals surface area contributed by atoms with E-state index in [0.717, 1.165) is 12.8 Å². The van der Waals surface area contributed by atoms with E-state index in [2.05, 4.69) is 0 Å². The maximum atomic E-state index is 12.8. The van der Waals surface area contributed by atoms with E-state index in [1.165, 1.54) is 6.92 Å². The number of rotatable bonds is 7. The molecule has 6 heteroatoms. The summed E-state index contributed by atoms with van der Waals surface area (Å²) in [6, 6.07) is 8.50. The highest BCUT2D eigenvalue weighted by Gasteiger charge is 2.42. The number of Topliss-reactive ketones (excluding diaryl/α,β-unsaturated/α-hetero) is 1. The molecule has 4 unspecified atom stereocenters. The predicted octanol–water partition coefficient (Wildman–Crippen LogP) is 2.89. The van der Waals surface area contributed by atoms with Crippen molar-refractivity contribution in [2.75, 3.05) is 0 Å². The molecule has 0 bridgehead atoms. The highest BCUT2D eigenvalue weighted by molar-refractivity contribution is 5.93. The summed E-state index contributed by atoms with van der Waals surface area (Å²) in [5.74, 6) is -3.88. The lowest BCUT2D eigenvalue weighted by atomic mass is 9.79. The smallest absolute Gasteiger partial charge is 0.310 e. The minimum absolute atomic E-state index is 0.175. The number of hydrogen-bond acceptors (Lipinski definition) is 5. The van der Waals surface area contributed by atoms with Crippen LogP contribution in [0.25, 0.3) is 0 Å². The quantitative estimate of drug-likeness (QED) is 0.723. The van der Waals surface area contributed by atoms with Gasteiger partial charge in [-0.2, -0.15) is 0 Å². The average molecular weight is 362 g/mol. The summed E-state index contributed by atoms with van der Waals surface area (Å²) in [4.78, 5) is 36.9. The Labute approximate surface area is 153 Å². The number of carboxylic acid groups (broad SMARTS) is 1. The monoisotopic (exact) mass is 362 g/mol. The Morgan fingerprint density at radius 2 is 1.73 bits per heavy atom. The molecule has 0 spiro atoms. The van der Waals surface area contributed by atoms with Gasteiger partial charge in [-0.05, 0) is 26.2 Å². The van der Waals surface area contributed by atoms with Gasteiger partial charge in [0.15, 0.2) is 6.10 Å². The summed E-state index contributed by atoms with van der Waals surface area (Å²) in [7, 11) is 0. The molecule has 1 saturated carbocycles. The molecule has 1 aromatic carbocycles. The van der Waals surface area contributed by atoms with Crippen molar-refractivity contribution in [3.05, 3.63) is 35.9 Å². The molecule has 1 aliphatic rings. The third-order valence-corrected chi connectivity index (χ3v) is 5.18. The van der Waals surface area contributed by atoms with Gasteiger partial charge in [0, 0.05) is 5.56 Å². The fourth-order valence-corrected chi connectivity index (χ4v) is 3.27. The molecule has 142 valence electrons. The van der Waals surface area contributed by atoms with Crippen LogP contribution in [0.5, 0.6) is 0 Å². The normalized spacial score (nSPS) is 23.5. The van der Waals surface area contributed by atoms with E-state index in [1.54, 1.807) is 37.3 Å². The third-order valence-electron chi connectivity index (χ3n) is 5.18. The summed E-state index contributed by atoms with van der Waals surface area (Å²) < 4.78 is 5.49. The Bertz CT molecular complexity index is 652. The van der Waals surface area contributed by atoms with Gasteiger partial charge in [0.1, 0.15) is 5.60 Å². The maximum Gasteiger partial charge on any atom is 0.310 e. The van der Waals surface area contributed by atoms with Crippen molar-refractivity contribution in [3.63, 3.8) is 0 Å². The molecular weight excluding hydrogens is 336 g/mol. The molecule has 1 aromatic rings. The lowest BCUT2D eigenvalue weighted by Gasteiger charge is -2.30. The van der Waals surface area contributed by atoms with Crippen LogP contribution in [0.1, 0.15) is 57.6 Å². The number of ketones is 1. The Morgan fingerprint density at radius 1 is 1.15 bits per heavy atom. The first kappa shape index (κ1) is 20.1. The van der Waals surface area contributed by atoms with Crippen LogP contribution in [0, 0.1) is 11.8 Å². The van der Waals surface area contributed by atoms with Crippen LogP contribution in [0.3, 0.4) is 0 Å². The first-order chi connectivity index (χ1) is 12.3. The number of esters is 1. The third kappa shape index (κ3) is 4.49. The van der Waals surface area contributed by atoms with E-state index in [9.17, 15) is 24.6 Å². The second-order valence-corrected chi connectivity index (χ2v) is 7.05. The standard InChI is InChI=1S/C20H26O6/c1-3-20(2,25)17(21)16(13-9-5-4-6-10-13)26-19(24)15-12-8-7-11-14(15)18(22)23/h4-6,9-10,14-16,25H,3,7-8,11-12H2,1-2H3,(H,22,23). The molecule has 26 heavy (non-hydrogen) atoms. The molecule has 4 atom stereocenters. The van der Waals surface area contributed by atoms with Gasteiger partial charge in [-0.25, -0.2) is 0 Å². The van der Waals surface area contributed by atoms with Crippen LogP contribution in [-0.2, 0) is 19.1 Å². The Hall–Kier alpha value is -2.21. The van der Waals surface area contributed by atoms with E-state index in [0.29, 0.717) is 18.4 Å². The Balaban J connectivity index is 2.27. The van der Waals surface area contributed by atoms with E-state index in [1.807, 2.05) is 0 Å². The van der Waals surface area contributed by atoms with E-state index >= 15 is 0 Å². The minimum atomic E-state index is -1.64. The summed E-state index contributed by atoms with van der Waals surface area (Å²) in [5, 5.41) is 19.7. The van der Waals surface area contributed by atoms with Gasteiger partial charge in [0.25, 0.3) is 0 Å². The van der Waals surface area contributed by atoms with E-state index in [-0.39, 0.29) is 6.42 Å². The van der Waals surface area contributed by atoms with Gasteiger partial charge in [-0.1, -0.05) is 50.1 Å². The number of aliphatic hydroxyl groups is 1. The molecule has 0 aromatic heterocycles. The summed E-state index contributed by atoms with van der Waals surface area (Å²) in [6.45, 7) is 3.06. The molecule has 1 aliphatic carbocycles. The van der Waals surface area contributed by atoms with Crippen molar-refractivity contribution in [1.29, 1.82) is 0 Å². The first-order valence-electron chi connectivity index (χ1n) is 9.03. The summed E-state index contributed by atoms with van der Waals surface area (Å²) in [5.41, 5.74) is -1.18. The van der Waals surface area contributed by atoms with Crippen molar-refractivity contribution in [1.82, 2.24) is 0 Å². The zero-order valence-electron chi connectivity index (χ0n) is 15.2. The number of carbonyl (C=O) groups excluding carboxylic acids is 2. The van der Waals surface area contributed by atoms with Crippen molar-refractivity contribution in [3.8, 4) is 0 Å². The number of hydrogen-bond donors (Lipinski definition) is 2. The number of benzene rings is 1. The van der Waals surface area contributed by atoms with Gasteiger partial charge >= 0.3 is 11.9 Å². The fraction of sp³-hybridized carbons (Fsp3) is 0.550. The minimum Gasteiger partial charge on any atom is -0.481 e. The molecule has 6 nitrogen and oxygen atoms in total. The second kappa shape index (κ2) is 8.45. The van der Waals surface area contributed by atoms with Gasteiger partial charge < -0.3 is 14.9 Å². The largest absolute Gasteiger partial charge is 0.481 e. The van der Waals surface area contributed by atoms with Crippen LogP contribution in [-0.4, -0.2) is 33.5 Å². The van der Waals surface area contributed by atoms with Gasteiger partial charge in [0.05, 0.1) is 11.8 Å². The lowest BCUT2D eigenvalue weighted by Crippen LogP contribution is -2.41. The molecule has 0 aliphatic heterocycles. The molecule has 0 saturated heterocycles. The number of ether oxygens (including phenoxy) is 1. The molecule has 0 heterocycles. The Kier molecular flexibility index (Phi) is 6.53. The summed E-state index contributed by atoms with van der Waals surface area (Å²) in [6.07, 6.45) is 1.27.